The van der Waals surface area contributed by atoms with Crippen molar-refractivity contribution in [3.63, 3.8) is 0 Å². The molecule has 0 saturated carbocycles. The molecule has 0 bridgehead atoms. The highest BCUT2D eigenvalue weighted by Gasteiger charge is 2.00. The number of allylic oxidation sites excluding steroid dienone is 1. The highest BCUT2D eigenvalue weighted by molar-refractivity contribution is 9.10. The maximum Gasteiger partial charge on any atom is 0.130 e. The summed E-state index contributed by atoms with van der Waals surface area (Å²) < 4.78 is 0.721. The minimum absolute atomic E-state index is 0.00343. The second-order valence-electron chi connectivity index (χ2n) is 2.49. The molecule has 1 aromatic carbocycles. The molecular weight excluding hydrogens is 244 g/mol. The molecule has 3 nitrogen and oxygen atoms in total. The molecular formula is C10H5BrN2O. The zero-order valence-electron chi connectivity index (χ0n) is 7.03. The van der Waals surface area contributed by atoms with Gasteiger partial charge in [0.1, 0.15) is 23.5 Å². The van der Waals surface area contributed by atoms with Crippen LogP contribution in [0.5, 0.6) is 5.75 Å². The Kier molecular flexibility index (Phi) is 3.28. The molecule has 1 rings (SSSR count). The summed E-state index contributed by atoms with van der Waals surface area (Å²) >= 11 is 3.24. The second-order valence-corrected chi connectivity index (χ2v) is 3.34. The van der Waals surface area contributed by atoms with Crippen LogP contribution in [0.4, 0.5) is 0 Å². The summed E-state index contributed by atoms with van der Waals surface area (Å²) in [5, 5.41) is 26.2. The van der Waals surface area contributed by atoms with Gasteiger partial charge in [0.25, 0.3) is 0 Å². The Morgan fingerprint density at radius 3 is 2.57 bits per heavy atom. The van der Waals surface area contributed by atoms with Gasteiger partial charge in [0, 0.05) is 4.47 Å². The number of nitriles is 2. The van der Waals surface area contributed by atoms with Crippen LogP contribution in [0, 0.1) is 22.7 Å². The maximum absolute atomic E-state index is 9.18. The summed E-state index contributed by atoms with van der Waals surface area (Å²) in [4.78, 5) is 0. The van der Waals surface area contributed by atoms with Gasteiger partial charge >= 0.3 is 0 Å². The molecule has 4 heteroatoms. The third-order valence-electron chi connectivity index (χ3n) is 1.52. The molecule has 0 fully saturated rings. The number of rotatable bonds is 1. The van der Waals surface area contributed by atoms with E-state index in [9.17, 15) is 5.11 Å². The molecule has 0 aliphatic heterocycles. The Balaban J connectivity index is 3.22. The molecule has 0 atom stereocenters. The van der Waals surface area contributed by atoms with Crippen molar-refractivity contribution in [1.29, 1.82) is 10.5 Å². The fourth-order valence-electron chi connectivity index (χ4n) is 0.887. The van der Waals surface area contributed by atoms with Gasteiger partial charge in [0.15, 0.2) is 0 Å². The van der Waals surface area contributed by atoms with Crippen LogP contribution in [-0.2, 0) is 0 Å². The molecule has 0 unspecified atom stereocenters. The van der Waals surface area contributed by atoms with Crippen molar-refractivity contribution >= 4 is 22.0 Å². The number of phenolic OH excluding ortho intramolecular Hbond substituents is 1. The Morgan fingerprint density at radius 1 is 1.36 bits per heavy atom. The molecule has 1 aromatic rings. The molecule has 0 spiro atoms. The maximum atomic E-state index is 9.18. The average molecular weight is 249 g/mol. The molecule has 0 aromatic heterocycles. The highest BCUT2D eigenvalue weighted by Crippen LogP contribution is 2.23. The highest BCUT2D eigenvalue weighted by atomic mass is 79.9. The number of hydrogen-bond acceptors (Lipinski definition) is 3. The van der Waals surface area contributed by atoms with Crippen molar-refractivity contribution < 1.29 is 5.11 Å². The van der Waals surface area contributed by atoms with Gasteiger partial charge in [0.05, 0.1) is 0 Å². The van der Waals surface area contributed by atoms with Gasteiger partial charge in [-0.1, -0.05) is 15.9 Å². The van der Waals surface area contributed by atoms with Crippen LogP contribution in [0.2, 0.25) is 0 Å². The van der Waals surface area contributed by atoms with E-state index >= 15 is 0 Å². The van der Waals surface area contributed by atoms with Crippen molar-refractivity contribution in [3.8, 4) is 17.9 Å². The van der Waals surface area contributed by atoms with Crippen molar-refractivity contribution in [2.45, 2.75) is 0 Å². The first-order chi connectivity index (χ1) is 6.67. The van der Waals surface area contributed by atoms with Crippen molar-refractivity contribution in [1.82, 2.24) is 0 Å². The molecule has 1 N–H and O–H groups in total. The average Bonchev–Trinajstić information content (AvgIpc) is 2.19. The third-order valence-corrected chi connectivity index (χ3v) is 2.24. The van der Waals surface area contributed by atoms with Gasteiger partial charge < -0.3 is 5.11 Å². The lowest BCUT2D eigenvalue weighted by Crippen LogP contribution is -1.78. The van der Waals surface area contributed by atoms with E-state index in [0.717, 1.165) is 4.47 Å². The summed E-state index contributed by atoms with van der Waals surface area (Å²) in [5.74, 6) is 0.0923. The zero-order chi connectivity index (χ0) is 10.6. The monoisotopic (exact) mass is 248 g/mol. The largest absolute Gasteiger partial charge is 0.508 e. The van der Waals surface area contributed by atoms with Crippen molar-refractivity contribution in [2.24, 2.45) is 0 Å². The number of phenols is 1. The van der Waals surface area contributed by atoms with Crippen molar-refractivity contribution in [2.75, 3.05) is 0 Å². The van der Waals surface area contributed by atoms with E-state index in [0.29, 0.717) is 5.56 Å². The zero-order valence-corrected chi connectivity index (χ0v) is 8.62. The molecule has 0 aliphatic rings. The number of nitrogens with zero attached hydrogens (tertiary/aromatic N) is 2. The number of benzene rings is 1. The van der Waals surface area contributed by atoms with Gasteiger partial charge in [-0.2, -0.15) is 10.5 Å². The SMILES string of the molecule is N#CC(C#N)=Cc1cc(O)ccc1Br. The Labute approximate surface area is 89.6 Å². The van der Waals surface area contributed by atoms with Gasteiger partial charge in [-0.3, -0.25) is 0 Å². The van der Waals surface area contributed by atoms with Crippen LogP contribution in [0.25, 0.3) is 6.08 Å². The topological polar surface area (TPSA) is 67.8 Å². The summed E-state index contributed by atoms with van der Waals surface area (Å²) in [5.41, 5.74) is 0.597. The summed E-state index contributed by atoms with van der Waals surface area (Å²) in [7, 11) is 0. The summed E-state index contributed by atoms with van der Waals surface area (Å²) in [6.45, 7) is 0. The normalized spacial score (nSPS) is 8.50. The molecule has 68 valence electrons. The lowest BCUT2D eigenvalue weighted by atomic mass is 10.1. The fraction of sp³-hybridized carbons (Fsp3) is 0. The van der Waals surface area contributed by atoms with E-state index in [-0.39, 0.29) is 11.3 Å². The van der Waals surface area contributed by atoms with Crippen molar-refractivity contribution in [3.05, 3.63) is 33.8 Å². The van der Waals surface area contributed by atoms with Crippen LogP contribution in [0.15, 0.2) is 28.2 Å². The van der Waals surface area contributed by atoms with Gasteiger partial charge in [-0.05, 0) is 29.8 Å². The lowest BCUT2D eigenvalue weighted by Gasteiger charge is -1.98. The van der Waals surface area contributed by atoms with Crippen LogP contribution in [-0.4, -0.2) is 5.11 Å². The second kappa shape index (κ2) is 4.45. The third kappa shape index (κ3) is 2.35. The first-order valence-corrected chi connectivity index (χ1v) is 4.47. The van der Waals surface area contributed by atoms with E-state index in [2.05, 4.69) is 15.9 Å². The van der Waals surface area contributed by atoms with Crippen LogP contribution >= 0.6 is 15.9 Å². The first-order valence-electron chi connectivity index (χ1n) is 3.68. The Bertz CT molecular complexity index is 450. The van der Waals surface area contributed by atoms with Gasteiger partial charge in [-0.15, -0.1) is 0 Å². The van der Waals surface area contributed by atoms with E-state index < -0.39 is 0 Å². The molecule has 14 heavy (non-hydrogen) atoms. The van der Waals surface area contributed by atoms with Crippen LogP contribution in [0.3, 0.4) is 0 Å². The molecule has 0 saturated heterocycles. The van der Waals surface area contributed by atoms with E-state index in [1.165, 1.54) is 18.2 Å². The van der Waals surface area contributed by atoms with E-state index in [1.807, 2.05) is 0 Å². The van der Waals surface area contributed by atoms with Crippen LogP contribution in [0.1, 0.15) is 5.56 Å². The number of hydrogen-bond donors (Lipinski definition) is 1. The smallest absolute Gasteiger partial charge is 0.130 e. The number of halogens is 1. The van der Waals surface area contributed by atoms with Gasteiger partial charge in [-0.25, -0.2) is 0 Å². The van der Waals surface area contributed by atoms with Gasteiger partial charge in [0.2, 0.25) is 0 Å². The minimum Gasteiger partial charge on any atom is -0.508 e. The Hall–Kier alpha value is -1.78. The van der Waals surface area contributed by atoms with E-state index in [4.69, 9.17) is 10.5 Å². The van der Waals surface area contributed by atoms with Crippen LogP contribution < -0.4 is 0 Å². The quantitative estimate of drug-likeness (QED) is 0.777. The molecule has 0 heterocycles. The molecule has 0 aliphatic carbocycles. The lowest BCUT2D eigenvalue weighted by molar-refractivity contribution is 0.475. The summed E-state index contributed by atoms with van der Waals surface area (Å²) in [6.07, 6.45) is 1.41. The predicted octanol–water partition coefficient (Wildman–Crippen LogP) is 2.59. The minimum atomic E-state index is -0.00343. The number of aromatic hydroxyl groups is 1. The molecule has 0 amide bonds. The fourth-order valence-corrected chi connectivity index (χ4v) is 1.25. The first kappa shape index (κ1) is 10.3. The Morgan fingerprint density at radius 2 is 2.00 bits per heavy atom. The predicted molar refractivity (Wildman–Crippen MR) is 55.0 cm³/mol. The molecule has 0 radical (unpaired) electrons. The standard InChI is InChI=1S/C10H5BrN2O/c11-10-2-1-9(14)4-8(10)3-7(5-12)6-13/h1-4,14H. The van der Waals surface area contributed by atoms with E-state index in [1.54, 1.807) is 18.2 Å². The summed E-state index contributed by atoms with van der Waals surface area (Å²) in [6, 6.07) is 8.12.